The normalized spacial score (nSPS) is 20.2. The Morgan fingerprint density at radius 2 is 1.38 bits per heavy atom. The first kappa shape index (κ1) is 10.3. The van der Waals surface area contributed by atoms with Gasteiger partial charge in [-0.25, -0.2) is 0 Å². The first-order valence-corrected chi connectivity index (χ1v) is 5.06. The molecule has 1 heterocycles. The van der Waals surface area contributed by atoms with Crippen molar-refractivity contribution in [1.82, 2.24) is 5.32 Å². The molecule has 0 saturated heterocycles. The van der Waals surface area contributed by atoms with E-state index >= 15 is 0 Å². The molecule has 0 saturated carbocycles. The highest BCUT2D eigenvalue weighted by atomic mass is 14.8. The maximum absolute atomic E-state index is 3.41. The van der Waals surface area contributed by atoms with Crippen molar-refractivity contribution in [1.29, 1.82) is 0 Å². The third-order valence-electron chi connectivity index (χ3n) is 2.29. The van der Waals surface area contributed by atoms with E-state index in [4.69, 9.17) is 0 Å². The van der Waals surface area contributed by atoms with Crippen LogP contribution in [0.3, 0.4) is 0 Å². The molecule has 0 bridgehead atoms. The van der Waals surface area contributed by atoms with Gasteiger partial charge in [-0.2, -0.15) is 0 Å². The fraction of sp³-hybridized carbons (Fsp3) is 0.500. The summed E-state index contributed by atoms with van der Waals surface area (Å²) in [6.45, 7) is 6.39. The van der Waals surface area contributed by atoms with Crippen LogP contribution in [0, 0.1) is 0 Å². The Balaban J connectivity index is 2.84. The van der Waals surface area contributed by atoms with Gasteiger partial charge in [-0.3, -0.25) is 0 Å². The molecule has 0 atom stereocenters. The fourth-order valence-corrected chi connectivity index (χ4v) is 1.68. The molecule has 72 valence electrons. The van der Waals surface area contributed by atoms with Crippen molar-refractivity contribution in [3.05, 3.63) is 35.5 Å². The molecule has 0 aromatic heterocycles. The molecule has 1 N–H and O–H groups in total. The number of hydrogen-bond acceptors (Lipinski definition) is 1. The minimum absolute atomic E-state index is 1.11. The first-order chi connectivity index (χ1) is 6.38. The molecule has 1 heteroatoms. The lowest BCUT2D eigenvalue weighted by Crippen LogP contribution is -2.14. The second-order valence-electron chi connectivity index (χ2n) is 3.30. The molecule has 0 aromatic rings. The zero-order chi connectivity index (χ0) is 9.52. The number of allylic oxidation sites excluding steroid dienone is 4. The summed E-state index contributed by atoms with van der Waals surface area (Å²) in [6.07, 6.45) is 11.0. The summed E-state index contributed by atoms with van der Waals surface area (Å²) in [5.74, 6) is 0. The number of nitrogens with one attached hydrogen (secondary N) is 1. The van der Waals surface area contributed by atoms with Gasteiger partial charge in [0.1, 0.15) is 0 Å². The van der Waals surface area contributed by atoms with E-state index in [1.54, 1.807) is 0 Å². The fourth-order valence-electron chi connectivity index (χ4n) is 1.68. The van der Waals surface area contributed by atoms with Crippen LogP contribution in [0.15, 0.2) is 35.5 Å². The van der Waals surface area contributed by atoms with E-state index in [1.165, 1.54) is 11.1 Å². The second kappa shape index (κ2) is 5.76. The highest BCUT2D eigenvalue weighted by molar-refractivity contribution is 5.34. The van der Waals surface area contributed by atoms with Crippen LogP contribution in [0.1, 0.15) is 26.7 Å². The van der Waals surface area contributed by atoms with Crippen LogP contribution in [0.4, 0.5) is 0 Å². The molecule has 1 nitrogen and oxygen atoms in total. The minimum atomic E-state index is 1.11. The van der Waals surface area contributed by atoms with Gasteiger partial charge >= 0.3 is 0 Å². The summed E-state index contributed by atoms with van der Waals surface area (Å²) in [5.41, 5.74) is 2.98. The Morgan fingerprint density at radius 1 is 0.923 bits per heavy atom. The average Bonchev–Trinajstić information content (AvgIpc) is 2.33. The maximum atomic E-state index is 3.41. The van der Waals surface area contributed by atoms with Crippen molar-refractivity contribution >= 4 is 0 Å². The number of hydrogen-bond donors (Lipinski definition) is 1. The third-order valence-corrected chi connectivity index (χ3v) is 2.29. The molecule has 1 rings (SSSR count). The Kier molecular flexibility index (Phi) is 4.55. The Labute approximate surface area is 81.2 Å². The predicted molar refractivity (Wildman–Crippen MR) is 58.8 cm³/mol. The van der Waals surface area contributed by atoms with Gasteiger partial charge in [0, 0.05) is 0 Å². The Bertz CT molecular complexity index is 210. The van der Waals surface area contributed by atoms with Crippen LogP contribution in [0.5, 0.6) is 0 Å². The van der Waals surface area contributed by atoms with Gasteiger partial charge in [-0.05, 0) is 50.9 Å². The predicted octanol–water partition coefficient (Wildman–Crippen LogP) is 2.82. The standard InChI is InChI=1S/C12H19N/c1-3-5-11-7-9-13-10-8-12(11)6-4-2/h3-6,13H,7-10H2,1-2H3/b5-3-,6-4-. The summed E-state index contributed by atoms with van der Waals surface area (Å²) in [4.78, 5) is 0. The molecule has 0 radical (unpaired) electrons. The summed E-state index contributed by atoms with van der Waals surface area (Å²) in [6, 6.07) is 0. The maximum Gasteiger partial charge on any atom is -0.000812 e. The first-order valence-electron chi connectivity index (χ1n) is 5.06. The van der Waals surface area contributed by atoms with Crippen LogP contribution in [0.2, 0.25) is 0 Å². The summed E-state index contributed by atoms with van der Waals surface area (Å²) >= 11 is 0. The van der Waals surface area contributed by atoms with Gasteiger partial charge in [0.25, 0.3) is 0 Å². The molecule has 0 amide bonds. The minimum Gasteiger partial charge on any atom is -0.316 e. The molecule has 0 fully saturated rings. The van der Waals surface area contributed by atoms with E-state index in [0.717, 1.165) is 25.9 Å². The topological polar surface area (TPSA) is 12.0 Å². The van der Waals surface area contributed by atoms with Crippen LogP contribution >= 0.6 is 0 Å². The lowest BCUT2D eigenvalue weighted by Gasteiger charge is -2.03. The SMILES string of the molecule is C/C=C\C1=C(/C=C\C)CCNCC1. The van der Waals surface area contributed by atoms with E-state index in [9.17, 15) is 0 Å². The van der Waals surface area contributed by atoms with Crippen LogP contribution in [-0.2, 0) is 0 Å². The van der Waals surface area contributed by atoms with E-state index in [1.807, 2.05) is 0 Å². The van der Waals surface area contributed by atoms with Gasteiger partial charge < -0.3 is 5.32 Å². The van der Waals surface area contributed by atoms with Crippen molar-refractivity contribution in [3.63, 3.8) is 0 Å². The zero-order valence-corrected chi connectivity index (χ0v) is 8.64. The molecule has 1 aliphatic heterocycles. The van der Waals surface area contributed by atoms with Crippen LogP contribution in [0.25, 0.3) is 0 Å². The molecule has 0 aromatic carbocycles. The van der Waals surface area contributed by atoms with E-state index in [2.05, 4.69) is 43.5 Å². The molecular weight excluding hydrogens is 158 g/mol. The van der Waals surface area contributed by atoms with Gasteiger partial charge in [0.05, 0.1) is 0 Å². The third kappa shape index (κ3) is 3.19. The monoisotopic (exact) mass is 177 g/mol. The van der Waals surface area contributed by atoms with E-state index in [0.29, 0.717) is 0 Å². The average molecular weight is 177 g/mol. The lowest BCUT2D eigenvalue weighted by atomic mass is 10.0. The Hall–Kier alpha value is -0.820. The number of rotatable bonds is 2. The molecule has 13 heavy (non-hydrogen) atoms. The Morgan fingerprint density at radius 3 is 1.77 bits per heavy atom. The molecule has 0 spiro atoms. The highest BCUT2D eigenvalue weighted by Gasteiger charge is 2.05. The van der Waals surface area contributed by atoms with Crippen molar-refractivity contribution in [2.45, 2.75) is 26.7 Å². The second-order valence-corrected chi connectivity index (χ2v) is 3.30. The molecule has 1 aliphatic rings. The smallest absolute Gasteiger partial charge is 0.000812 e. The van der Waals surface area contributed by atoms with Crippen molar-refractivity contribution in [3.8, 4) is 0 Å². The quantitative estimate of drug-likeness (QED) is 0.684. The van der Waals surface area contributed by atoms with E-state index < -0.39 is 0 Å². The van der Waals surface area contributed by atoms with Crippen LogP contribution < -0.4 is 5.32 Å². The van der Waals surface area contributed by atoms with E-state index in [-0.39, 0.29) is 0 Å². The van der Waals surface area contributed by atoms with Gasteiger partial charge in [-0.1, -0.05) is 24.3 Å². The molecule has 0 unspecified atom stereocenters. The molecule has 0 aliphatic carbocycles. The highest BCUT2D eigenvalue weighted by Crippen LogP contribution is 2.17. The molecular formula is C12H19N. The zero-order valence-electron chi connectivity index (χ0n) is 8.64. The largest absolute Gasteiger partial charge is 0.316 e. The van der Waals surface area contributed by atoms with Crippen molar-refractivity contribution in [2.24, 2.45) is 0 Å². The summed E-state index contributed by atoms with van der Waals surface area (Å²) in [5, 5.41) is 3.41. The van der Waals surface area contributed by atoms with Crippen molar-refractivity contribution < 1.29 is 0 Å². The lowest BCUT2D eigenvalue weighted by molar-refractivity contribution is 0.710. The van der Waals surface area contributed by atoms with Gasteiger partial charge in [0.2, 0.25) is 0 Å². The summed E-state index contributed by atoms with van der Waals surface area (Å²) in [7, 11) is 0. The van der Waals surface area contributed by atoms with Gasteiger partial charge in [-0.15, -0.1) is 0 Å². The van der Waals surface area contributed by atoms with Gasteiger partial charge in [0.15, 0.2) is 0 Å². The van der Waals surface area contributed by atoms with Crippen LogP contribution in [-0.4, -0.2) is 13.1 Å². The summed E-state index contributed by atoms with van der Waals surface area (Å²) < 4.78 is 0. The van der Waals surface area contributed by atoms with Crippen molar-refractivity contribution in [2.75, 3.05) is 13.1 Å².